The van der Waals surface area contributed by atoms with E-state index in [-0.39, 0.29) is 17.9 Å². The standard InChI is InChI=1S/C19H26N4O2/c1-3-14(2)17(20)18-21-16(13-25-18)19(24)23-11-9-22(10-12-23)15-7-5-4-6-8-15/h4-8,13-14,17H,3,9-12,20H2,1-2H3. The summed E-state index contributed by atoms with van der Waals surface area (Å²) >= 11 is 0. The molecule has 1 aromatic heterocycles. The third-order valence-corrected chi connectivity index (χ3v) is 4.97. The Morgan fingerprint density at radius 1 is 1.24 bits per heavy atom. The zero-order valence-corrected chi connectivity index (χ0v) is 14.9. The SMILES string of the molecule is CCC(C)C(N)c1nc(C(=O)N2CCN(c3ccccc3)CC2)co1. The fraction of sp³-hybridized carbons (Fsp3) is 0.474. The lowest BCUT2D eigenvalue weighted by molar-refractivity contribution is 0.0740. The van der Waals surface area contributed by atoms with E-state index in [4.69, 9.17) is 10.2 Å². The van der Waals surface area contributed by atoms with E-state index in [2.05, 4.69) is 35.9 Å². The van der Waals surface area contributed by atoms with Crippen LogP contribution >= 0.6 is 0 Å². The lowest BCUT2D eigenvalue weighted by Crippen LogP contribution is -2.48. The molecule has 2 aromatic rings. The smallest absolute Gasteiger partial charge is 0.275 e. The van der Waals surface area contributed by atoms with Gasteiger partial charge in [-0.15, -0.1) is 0 Å². The van der Waals surface area contributed by atoms with Crippen molar-refractivity contribution in [2.45, 2.75) is 26.3 Å². The van der Waals surface area contributed by atoms with Crippen molar-refractivity contribution in [2.24, 2.45) is 11.7 Å². The molecule has 1 aliphatic heterocycles. The molecule has 2 unspecified atom stereocenters. The molecular weight excluding hydrogens is 316 g/mol. The van der Waals surface area contributed by atoms with Crippen LogP contribution in [0.3, 0.4) is 0 Å². The lowest BCUT2D eigenvalue weighted by atomic mass is 10.0. The lowest BCUT2D eigenvalue weighted by Gasteiger charge is -2.35. The molecule has 1 aliphatic rings. The fourth-order valence-corrected chi connectivity index (χ4v) is 3.00. The van der Waals surface area contributed by atoms with Crippen molar-refractivity contribution in [3.8, 4) is 0 Å². The second-order valence-electron chi connectivity index (χ2n) is 6.60. The number of piperazine rings is 1. The van der Waals surface area contributed by atoms with Crippen molar-refractivity contribution < 1.29 is 9.21 Å². The van der Waals surface area contributed by atoms with E-state index in [0.717, 1.165) is 19.5 Å². The van der Waals surface area contributed by atoms with E-state index in [0.29, 0.717) is 24.7 Å². The van der Waals surface area contributed by atoms with Crippen LogP contribution in [0.25, 0.3) is 0 Å². The van der Waals surface area contributed by atoms with Crippen LogP contribution in [-0.4, -0.2) is 42.0 Å². The number of carbonyl (C=O) groups is 1. The van der Waals surface area contributed by atoms with Gasteiger partial charge in [-0.1, -0.05) is 38.5 Å². The molecule has 0 aliphatic carbocycles. The first-order valence-corrected chi connectivity index (χ1v) is 8.90. The van der Waals surface area contributed by atoms with Gasteiger partial charge in [-0.05, 0) is 18.1 Å². The van der Waals surface area contributed by atoms with Gasteiger partial charge in [-0.3, -0.25) is 4.79 Å². The first kappa shape index (κ1) is 17.5. The maximum Gasteiger partial charge on any atom is 0.275 e. The van der Waals surface area contributed by atoms with E-state index in [9.17, 15) is 4.79 Å². The highest BCUT2D eigenvalue weighted by atomic mass is 16.3. The molecule has 134 valence electrons. The van der Waals surface area contributed by atoms with Crippen LogP contribution < -0.4 is 10.6 Å². The molecule has 6 nitrogen and oxygen atoms in total. The van der Waals surface area contributed by atoms with Gasteiger partial charge in [0.15, 0.2) is 5.69 Å². The summed E-state index contributed by atoms with van der Waals surface area (Å²) in [5, 5.41) is 0. The Hall–Kier alpha value is -2.34. The summed E-state index contributed by atoms with van der Waals surface area (Å²) in [4.78, 5) is 21.1. The van der Waals surface area contributed by atoms with E-state index < -0.39 is 0 Å². The van der Waals surface area contributed by atoms with Crippen LogP contribution in [0.4, 0.5) is 5.69 Å². The number of amides is 1. The predicted molar refractivity (Wildman–Crippen MR) is 97.4 cm³/mol. The third kappa shape index (κ3) is 3.85. The minimum atomic E-state index is -0.276. The largest absolute Gasteiger partial charge is 0.446 e. The van der Waals surface area contributed by atoms with Crippen LogP contribution in [0.1, 0.15) is 42.7 Å². The maximum absolute atomic E-state index is 12.7. The summed E-state index contributed by atoms with van der Waals surface area (Å²) in [6, 6.07) is 9.99. The number of anilines is 1. The van der Waals surface area contributed by atoms with Crippen molar-refractivity contribution in [3.63, 3.8) is 0 Å². The summed E-state index contributed by atoms with van der Waals surface area (Å²) in [5.41, 5.74) is 7.68. The molecule has 1 amide bonds. The Morgan fingerprint density at radius 3 is 2.56 bits per heavy atom. The summed E-state index contributed by atoms with van der Waals surface area (Å²) in [5.74, 6) is 0.621. The zero-order chi connectivity index (χ0) is 17.8. The van der Waals surface area contributed by atoms with Gasteiger partial charge in [0.1, 0.15) is 6.26 Å². The van der Waals surface area contributed by atoms with E-state index in [1.54, 1.807) is 0 Å². The van der Waals surface area contributed by atoms with Crippen molar-refractivity contribution in [3.05, 3.63) is 48.2 Å². The average molecular weight is 342 g/mol. The summed E-state index contributed by atoms with van der Waals surface area (Å²) in [7, 11) is 0. The molecule has 3 rings (SSSR count). The second kappa shape index (κ2) is 7.70. The molecule has 2 atom stereocenters. The minimum absolute atomic E-state index is 0.0842. The molecule has 1 aromatic carbocycles. The van der Waals surface area contributed by atoms with E-state index >= 15 is 0 Å². The van der Waals surface area contributed by atoms with Gasteiger partial charge in [0.25, 0.3) is 5.91 Å². The van der Waals surface area contributed by atoms with Gasteiger partial charge in [-0.25, -0.2) is 4.98 Å². The topological polar surface area (TPSA) is 75.6 Å². The highest BCUT2D eigenvalue weighted by Crippen LogP contribution is 2.22. The van der Waals surface area contributed by atoms with Gasteiger partial charge in [0, 0.05) is 31.9 Å². The van der Waals surface area contributed by atoms with Gasteiger partial charge < -0.3 is 20.0 Å². The third-order valence-electron chi connectivity index (χ3n) is 4.97. The molecule has 1 fully saturated rings. The summed E-state index contributed by atoms with van der Waals surface area (Å²) in [6.45, 7) is 7.10. The van der Waals surface area contributed by atoms with Crippen molar-refractivity contribution in [2.75, 3.05) is 31.1 Å². The molecule has 0 bridgehead atoms. The van der Waals surface area contributed by atoms with Crippen LogP contribution in [0, 0.1) is 5.92 Å². The Kier molecular flexibility index (Phi) is 5.38. The fourth-order valence-electron chi connectivity index (χ4n) is 3.00. The number of nitrogens with zero attached hydrogens (tertiary/aromatic N) is 3. The first-order valence-electron chi connectivity index (χ1n) is 8.90. The van der Waals surface area contributed by atoms with Crippen LogP contribution in [-0.2, 0) is 0 Å². The number of aromatic nitrogens is 1. The predicted octanol–water partition coefficient (Wildman–Crippen LogP) is 2.68. The number of carbonyl (C=O) groups excluding carboxylic acids is 1. The molecule has 0 saturated carbocycles. The van der Waals surface area contributed by atoms with Crippen LogP contribution in [0.2, 0.25) is 0 Å². The molecule has 2 heterocycles. The Balaban J connectivity index is 1.60. The summed E-state index contributed by atoms with van der Waals surface area (Å²) in [6.07, 6.45) is 2.37. The van der Waals surface area contributed by atoms with Gasteiger partial charge in [0.05, 0.1) is 6.04 Å². The van der Waals surface area contributed by atoms with Crippen molar-refractivity contribution in [1.82, 2.24) is 9.88 Å². The zero-order valence-electron chi connectivity index (χ0n) is 14.9. The van der Waals surface area contributed by atoms with E-state index in [1.165, 1.54) is 12.0 Å². The Morgan fingerprint density at radius 2 is 1.92 bits per heavy atom. The number of para-hydroxylation sites is 1. The highest BCUT2D eigenvalue weighted by Gasteiger charge is 2.26. The quantitative estimate of drug-likeness (QED) is 0.904. The van der Waals surface area contributed by atoms with E-state index in [1.807, 2.05) is 23.1 Å². The Bertz CT molecular complexity index is 692. The number of benzene rings is 1. The molecule has 6 heteroatoms. The molecule has 25 heavy (non-hydrogen) atoms. The molecule has 1 saturated heterocycles. The summed E-state index contributed by atoms with van der Waals surface area (Å²) < 4.78 is 5.46. The second-order valence-corrected chi connectivity index (χ2v) is 6.60. The number of rotatable bonds is 5. The number of oxazole rings is 1. The van der Waals surface area contributed by atoms with Crippen molar-refractivity contribution >= 4 is 11.6 Å². The van der Waals surface area contributed by atoms with Crippen molar-refractivity contribution in [1.29, 1.82) is 0 Å². The highest BCUT2D eigenvalue weighted by molar-refractivity contribution is 5.92. The normalized spacial score (nSPS) is 17.4. The monoisotopic (exact) mass is 342 g/mol. The first-order chi connectivity index (χ1) is 12.1. The number of hydrogen-bond donors (Lipinski definition) is 1. The number of nitrogens with two attached hydrogens (primary N) is 1. The van der Waals surface area contributed by atoms with Crippen LogP contribution in [0.5, 0.6) is 0 Å². The Labute approximate surface area is 148 Å². The molecular formula is C19H26N4O2. The maximum atomic E-state index is 12.7. The minimum Gasteiger partial charge on any atom is -0.446 e. The molecule has 0 spiro atoms. The van der Waals surface area contributed by atoms with Crippen LogP contribution in [0.15, 0.2) is 41.0 Å². The molecule has 0 radical (unpaired) electrons. The molecule has 2 N–H and O–H groups in total. The van der Waals surface area contributed by atoms with Gasteiger partial charge in [-0.2, -0.15) is 0 Å². The number of hydrogen-bond acceptors (Lipinski definition) is 5. The van der Waals surface area contributed by atoms with Gasteiger partial charge >= 0.3 is 0 Å². The van der Waals surface area contributed by atoms with Gasteiger partial charge in [0.2, 0.25) is 5.89 Å². The average Bonchev–Trinajstić information content (AvgIpc) is 3.17.